The second kappa shape index (κ2) is 148. The maximum absolute atomic E-state index is 0. The summed E-state index contributed by atoms with van der Waals surface area (Å²) in [4.78, 5) is 0. The predicted molar refractivity (Wildman–Crippen MR) is 24.0 cm³/mol. The van der Waals surface area contributed by atoms with Crippen LogP contribution in [0.25, 0.3) is 0 Å². The third-order valence-electron chi connectivity index (χ3n) is 0. The Morgan fingerprint density at radius 2 is 0.429 bits per heavy atom. The van der Waals surface area contributed by atoms with E-state index in [4.69, 9.17) is 0 Å². The van der Waals surface area contributed by atoms with E-state index in [1.54, 1.807) is 0 Å². The van der Waals surface area contributed by atoms with E-state index >= 15 is 0 Å². The van der Waals surface area contributed by atoms with Crippen molar-refractivity contribution in [2.45, 2.75) is 0 Å². The van der Waals surface area contributed by atoms with Crippen molar-refractivity contribution in [3.8, 4) is 0 Å². The Labute approximate surface area is 78.0 Å². The van der Waals surface area contributed by atoms with Crippen molar-refractivity contribution >= 4 is 55.1 Å². The van der Waals surface area contributed by atoms with E-state index in [-0.39, 0.29) is 78.6 Å². The minimum absolute atomic E-state index is 0. The van der Waals surface area contributed by atoms with Gasteiger partial charge in [-0.15, -0.1) is 0 Å². The first-order valence-corrected chi connectivity index (χ1v) is 0. The third-order valence-corrected chi connectivity index (χ3v) is 0. The molecule has 0 nitrogen and oxygen atoms in total. The fraction of sp³-hybridized carbons (Fsp3) is 0. The summed E-state index contributed by atoms with van der Waals surface area (Å²) in [6.45, 7) is 0. The van der Waals surface area contributed by atoms with Crippen molar-refractivity contribution < 1.29 is 23.5 Å². The molecule has 0 heterocycles. The van der Waals surface area contributed by atoms with E-state index in [9.17, 15) is 0 Å². The van der Waals surface area contributed by atoms with Crippen molar-refractivity contribution in [3.63, 3.8) is 0 Å². The van der Waals surface area contributed by atoms with Gasteiger partial charge in [0.2, 0.25) is 0 Å². The molecule has 0 saturated carbocycles. The van der Waals surface area contributed by atoms with Crippen LogP contribution in [0.2, 0.25) is 0 Å². The number of hydrogen-bond acceptors (Lipinski definition) is 0. The number of rotatable bonds is 0. The second-order valence-corrected chi connectivity index (χ2v) is 0. The Morgan fingerprint density at radius 3 is 0.429 bits per heavy atom. The summed E-state index contributed by atoms with van der Waals surface area (Å²) in [5.74, 6) is 0. The van der Waals surface area contributed by atoms with Gasteiger partial charge in [-0.3, -0.25) is 23.5 Å². The van der Waals surface area contributed by atoms with Crippen LogP contribution in [0, 0.1) is 0 Å². The summed E-state index contributed by atoms with van der Waals surface area (Å²) in [5, 5.41) is 0. The van der Waals surface area contributed by atoms with Gasteiger partial charge in [-0.2, -0.15) is 0 Å². The second-order valence-electron chi connectivity index (χ2n) is 0. The normalized spacial score (nSPS) is 0. The molecule has 0 aliphatic heterocycles. The van der Waals surface area contributed by atoms with Gasteiger partial charge in [-0.05, 0) is 0 Å². The van der Waals surface area contributed by atoms with Crippen LogP contribution in [0.1, 0.15) is 0 Å². The molecule has 3 radical (unpaired) electrons. The van der Waals surface area contributed by atoms with Crippen molar-refractivity contribution in [1.29, 1.82) is 0 Å². The molecular formula is H5AlCaF5+2. The Kier molecular flexibility index (Phi) is 4770. The maximum Gasteiger partial charge on any atom is 2.00 e. The molecule has 0 amide bonds. The van der Waals surface area contributed by atoms with E-state index < -0.39 is 0 Å². The van der Waals surface area contributed by atoms with E-state index in [1.807, 2.05) is 0 Å². The molecule has 0 aromatic rings. The van der Waals surface area contributed by atoms with Crippen LogP contribution in [0.3, 0.4) is 0 Å². The largest absolute Gasteiger partial charge is 2.00 e. The molecular weight excluding hydrogens is 162 g/mol. The average Bonchev–Trinajstić information content (AvgIpc) is 0. The Balaban J connectivity index is 0. The molecule has 0 bridgehead atoms. The van der Waals surface area contributed by atoms with Gasteiger partial charge < -0.3 is 0 Å². The Bertz CT molecular complexity index is 8.04. The molecule has 0 spiro atoms. The Morgan fingerprint density at radius 1 is 0.429 bits per heavy atom. The molecule has 7 heteroatoms. The molecule has 0 aliphatic carbocycles. The van der Waals surface area contributed by atoms with Crippen molar-refractivity contribution in [3.05, 3.63) is 0 Å². The molecule has 0 saturated heterocycles. The van der Waals surface area contributed by atoms with Gasteiger partial charge in [0, 0.05) is 17.4 Å². The van der Waals surface area contributed by atoms with Crippen LogP contribution >= 0.6 is 0 Å². The van der Waals surface area contributed by atoms with Crippen LogP contribution in [-0.2, 0) is 0 Å². The van der Waals surface area contributed by atoms with Crippen LogP contribution < -0.4 is 0 Å². The summed E-state index contributed by atoms with van der Waals surface area (Å²) >= 11 is 0. The molecule has 43 valence electrons. The van der Waals surface area contributed by atoms with Crippen LogP contribution in [0.4, 0.5) is 23.5 Å². The van der Waals surface area contributed by atoms with Gasteiger partial charge in [0.05, 0.1) is 0 Å². The summed E-state index contributed by atoms with van der Waals surface area (Å²) < 4.78 is 0. The smallest absolute Gasteiger partial charge is 0.269 e. The van der Waals surface area contributed by atoms with Gasteiger partial charge in [-0.1, -0.05) is 0 Å². The van der Waals surface area contributed by atoms with Crippen LogP contribution in [-0.4, -0.2) is 55.1 Å². The molecule has 7 heavy (non-hydrogen) atoms. The monoisotopic (exact) mass is 167 g/mol. The summed E-state index contributed by atoms with van der Waals surface area (Å²) in [6.07, 6.45) is 0. The van der Waals surface area contributed by atoms with E-state index in [1.165, 1.54) is 0 Å². The first-order valence-electron chi connectivity index (χ1n) is 0. The Hall–Kier alpha value is 1.44. The zero-order chi connectivity index (χ0) is 0. The quantitative estimate of drug-likeness (QED) is 0.352. The number of halogens is 5. The molecule has 0 atom stereocenters. The molecule has 0 unspecified atom stereocenters. The van der Waals surface area contributed by atoms with Gasteiger partial charge in [-0.25, -0.2) is 0 Å². The van der Waals surface area contributed by atoms with E-state index in [0.29, 0.717) is 0 Å². The molecule has 0 N–H and O–H groups in total. The van der Waals surface area contributed by atoms with Gasteiger partial charge in [0.25, 0.3) is 0 Å². The SMILES string of the molecule is F.F.F.F.F.[Al].[Ca+2]. The van der Waals surface area contributed by atoms with Crippen molar-refractivity contribution in [2.75, 3.05) is 0 Å². The topological polar surface area (TPSA) is 0 Å². The molecule has 0 aromatic heterocycles. The minimum atomic E-state index is 0. The number of hydrogen-bond donors (Lipinski definition) is 0. The van der Waals surface area contributed by atoms with E-state index in [0.717, 1.165) is 0 Å². The minimum Gasteiger partial charge on any atom is -0.269 e. The zero-order valence-corrected chi connectivity index (χ0v) is 6.69. The summed E-state index contributed by atoms with van der Waals surface area (Å²) in [5.41, 5.74) is 0. The molecule has 0 rings (SSSR count). The summed E-state index contributed by atoms with van der Waals surface area (Å²) in [7, 11) is 0. The maximum atomic E-state index is 0. The van der Waals surface area contributed by atoms with Crippen LogP contribution in [0.5, 0.6) is 0 Å². The van der Waals surface area contributed by atoms with Gasteiger partial charge >= 0.3 is 37.7 Å². The van der Waals surface area contributed by atoms with Crippen molar-refractivity contribution in [2.24, 2.45) is 0 Å². The standard InChI is InChI=1S/Al.Ca.5FH/h;;5*1H/q;+2;;;;;. The first kappa shape index (κ1) is 225. The van der Waals surface area contributed by atoms with E-state index in [2.05, 4.69) is 0 Å². The van der Waals surface area contributed by atoms with Crippen LogP contribution in [0.15, 0.2) is 0 Å². The first-order chi connectivity index (χ1) is 0. The van der Waals surface area contributed by atoms with Gasteiger partial charge in [0.15, 0.2) is 0 Å². The van der Waals surface area contributed by atoms with Gasteiger partial charge in [0.1, 0.15) is 0 Å². The predicted octanol–water partition coefficient (Wildman–Crippen LogP) is 0.000900. The van der Waals surface area contributed by atoms with Crippen molar-refractivity contribution in [1.82, 2.24) is 0 Å². The zero-order valence-electron chi connectivity index (χ0n) is 3.33. The average molecular weight is 167 g/mol. The molecule has 0 aliphatic rings. The summed E-state index contributed by atoms with van der Waals surface area (Å²) in [6, 6.07) is 0. The molecule has 0 aromatic carbocycles. The fourth-order valence-corrected chi connectivity index (χ4v) is 0. The molecule has 0 fully saturated rings. The fourth-order valence-electron chi connectivity index (χ4n) is 0. The third kappa shape index (κ3) is 106.